The number of terminal acetylenes is 1. The standard InChI is InChI=1S/C12H13ClN2O/c1-3-7-15(4-2)12(16)10-6-5-9(14)8-11(10)13/h1,5-6,8H,4,7,14H2,2H3. The third kappa shape index (κ3) is 2.68. The molecule has 3 nitrogen and oxygen atoms in total. The number of halogens is 1. The monoisotopic (exact) mass is 236 g/mol. The van der Waals surface area contributed by atoms with Gasteiger partial charge in [0.15, 0.2) is 0 Å². The van der Waals surface area contributed by atoms with Crippen LogP contribution in [0.2, 0.25) is 5.02 Å². The van der Waals surface area contributed by atoms with Crippen molar-refractivity contribution < 1.29 is 4.79 Å². The Labute approximate surface area is 100 Å². The fourth-order valence-corrected chi connectivity index (χ4v) is 1.58. The normalized spacial score (nSPS) is 9.56. The number of benzene rings is 1. The second-order valence-corrected chi connectivity index (χ2v) is 3.67. The minimum Gasteiger partial charge on any atom is -0.399 e. The summed E-state index contributed by atoms with van der Waals surface area (Å²) in [5.74, 6) is 2.26. The molecule has 0 aliphatic heterocycles. The molecule has 0 heterocycles. The predicted octanol–water partition coefficient (Wildman–Crippen LogP) is 2.02. The Hall–Kier alpha value is -1.66. The van der Waals surface area contributed by atoms with Crippen LogP contribution >= 0.6 is 11.6 Å². The van der Waals surface area contributed by atoms with Gasteiger partial charge >= 0.3 is 0 Å². The van der Waals surface area contributed by atoms with Gasteiger partial charge in [0.1, 0.15) is 0 Å². The molecular formula is C12H13ClN2O. The molecule has 0 radical (unpaired) electrons. The van der Waals surface area contributed by atoms with Crippen LogP contribution in [0.25, 0.3) is 0 Å². The summed E-state index contributed by atoms with van der Waals surface area (Å²) in [5, 5.41) is 0.348. The molecule has 1 aromatic rings. The molecule has 1 aromatic carbocycles. The molecule has 0 unspecified atom stereocenters. The van der Waals surface area contributed by atoms with Gasteiger partial charge in [-0.1, -0.05) is 17.5 Å². The number of amides is 1. The van der Waals surface area contributed by atoms with Crippen molar-refractivity contribution >= 4 is 23.2 Å². The maximum absolute atomic E-state index is 12.0. The summed E-state index contributed by atoms with van der Waals surface area (Å²) in [4.78, 5) is 13.5. The van der Waals surface area contributed by atoms with E-state index in [0.29, 0.717) is 22.8 Å². The third-order valence-corrected chi connectivity index (χ3v) is 2.49. The van der Waals surface area contributed by atoms with Gasteiger partial charge in [-0.15, -0.1) is 6.42 Å². The molecule has 16 heavy (non-hydrogen) atoms. The lowest BCUT2D eigenvalue weighted by molar-refractivity contribution is 0.0785. The van der Waals surface area contributed by atoms with E-state index in [2.05, 4.69) is 5.92 Å². The van der Waals surface area contributed by atoms with Gasteiger partial charge in [-0.3, -0.25) is 4.79 Å². The molecule has 0 fully saturated rings. The van der Waals surface area contributed by atoms with Crippen molar-refractivity contribution in [2.75, 3.05) is 18.8 Å². The minimum atomic E-state index is -0.176. The Bertz CT molecular complexity index is 437. The quantitative estimate of drug-likeness (QED) is 0.645. The zero-order valence-corrected chi connectivity index (χ0v) is 9.79. The summed E-state index contributed by atoms with van der Waals surface area (Å²) >= 11 is 5.95. The maximum Gasteiger partial charge on any atom is 0.256 e. The molecule has 0 aliphatic rings. The molecule has 1 amide bonds. The second kappa shape index (κ2) is 5.43. The smallest absolute Gasteiger partial charge is 0.256 e. The van der Waals surface area contributed by atoms with Crippen molar-refractivity contribution in [2.24, 2.45) is 0 Å². The van der Waals surface area contributed by atoms with Gasteiger partial charge < -0.3 is 10.6 Å². The Balaban J connectivity index is 3.00. The number of nitrogen functional groups attached to an aromatic ring is 1. The van der Waals surface area contributed by atoms with Crippen LogP contribution in [0.4, 0.5) is 5.69 Å². The SMILES string of the molecule is C#CCN(CC)C(=O)c1ccc(N)cc1Cl. The summed E-state index contributed by atoms with van der Waals surface area (Å²) in [7, 11) is 0. The molecule has 4 heteroatoms. The Morgan fingerprint density at radius 3 is 2.81 bits per heavy atom. The first-order chi connectivity index (χ1) is 7.60. The van der Waals surface area contributed by atoms with Gasteiger partial charge in [-0.25, -0.2) is 0 Å². The number of nitrogens with two attached hydrogens (primary N) is 1. The van der Waals surface area contributed by atoms with Crippen molar-refractivity contribution in [1.82, 2.24) is 4.90 Å². The molecule has 0 saturated heterocycles. The molecule has 1 rings (SSSR count). The van der Waals surface area contributed by atoms with E-state index in [1.165, 1.54) is 4.90 Å². The summed E-state index contributed by atoms with van der Waals surface area (Å²) in [6, 6.07) is 4.81. The fraction of sp³-hybridized carbons (Fsp3) is 0.250. The van der Waals surface area contributed by atoms with E-state index >= 15 is 0 Å². The molecule has 0 atom stereocenters. The van der Waals surface area contributed by atoms with Crippen molar-refractivity contribution in [1.29, 1.82) is 0 Å². The Morgan fingerprint density at radius 1 is 1.62 bits per heavy atom. The van der Waals surface area contributed by atoms with E-state index in [1.54, 1.807) is 18.2 Å². The van der Waals surface area contributed by atoms with Gasteiger partial charge in [0, 0.05) is 12.2 Å². The predicted molar refractivity (Wildman–Crippen MR) is 66.3 cm³/mol. The van der Waals surface area contributed by atoms with Gasteiger partial charge in [-0.05, 0) is 25.1 Å². The van der Waals surface area contributed by atoms with Gasteiger partial charge in [-0.2, -0.15) is 0 Å². The van der Waals surface area contributed by atoms with Crippen LogP contribution in [0, 0.1) is 12.3 Å². The topological polar surface area (TPSA) is 46.3 Å². The second-order valence-electron chi connectivity index (χ2n) is 3.26. The first-order valence-electron chi connectivity index (χ1n) is 4.88. The lowest BCUT2D eigenvalue weighted by atomic mass is 10.2. The lowest BCUT2D eigenvalue weighted by Gasteiger charge is -2.18. The molecule has 0 spiro atoms. The number of rotatable bonds is 3. The lowest BCUT2D eigenvalue weighted by Crippen LogP contribution is -2.31. The highest BCUT2D eigenvalue weighted by molar-refractivity contribution is 6.34. The van der Waals surface area contributed by atoms with Crippen molar-refractivity contribution in [2.45, 2.75) is 6.92 Å². The largest absolute Gasteiger partial charge is 0.399 e. The molecule has 0 bridgehead atoms. The molecule has 2 N–H and O–H groups in total. The number of nitrogens with zero attached hydrogens (tertiary/aromatic N) is 1. The van der Waals surface area contributed by atoms with E-state index in [0.717, 1.165) is 0 Å². The van der Waals surface area contributed by atoms with Crippen molar-refractivity contribution in [3.05, 3.63) is 28.8 Å². The van der Waals surface area contributed by atoms with E-state index in [-0.39, 0.29) is 12.5 Å². The van der Waals surface area contributed by atoms with Crippen LogP contribution in [0.3, 0.4) is 0 Å². The van der Waals surface area contributed by atoms with E-state index in [4.69, 9.17) is 23.8 Å². The zero-order chi connectivity index (χ0) is 12.1. The van der Waals surface area contributed by atoms with Crippen LogP contribution in [-0.4, -0.2) is 23.9 Å². The third-order valence-electron chi connectivity index (χ3n) is 2.17. The summed E-state index contributed by atoms with van der Waals surface area (Å²) in [6.07, 6.45) is 5.19. The molecular weight excluding hydrogens is 224 g/mol. The Kier molecular flexibility index (Phi) is 4.21. The summed E-state index contributed by atoms with van der Waals surface area (Å²) in [6.45, 7) is 2.68. The van der Waals surface area contributed by atoms with Crippen molar-refractivity contribution in [3.63, 3.8) is 0 Å². The molecule has 84 valence electrons. The average Bonchev–Trinajstić information content (AvgIpc) is 2.25. The summed E-state index contributed by atoms with van der Waals surface area (Å²) < 4.78 is 0. The van der Waals surface area contributed by atoms with E-state index < -0.39 is 0 Å². The average molecular weight is 237 g/mol. The zero-order valence-electron chi connectivity index (χ0n) is 9.03. The molecule has 0 saturated carbocycles. The van der Waals surface area contributed by atoms with Crippen LogP contribution in [0.1, 0.15) is 17.3 Å². The van der Waals surface area contributed by atoms with E-state index in [9.17, 15) is 4.79 Å². The molecule has 0 aliphatic carbocycles. The van der Waals surface area contributed by atoms with Crippen molar-refractivity contribution in [3.8, 4) is 12.3 Å². The maximum atomic E-state index is 12.0. The highest BCUT2D eigenvalue weighted by Crippen LogP contribution is 2.20. The van der Waals surface area contributed by atoms with Gasteiger partial charge in [0.05, 0.1) is 17.1 Å². The number of carbonyl (C=O) groups excluding carboxylic acids is 1. The fourth-order valence-electron chi connectivity index (χ4n) is 1.31. The highest BCUT2D eigenvalue weighted by Gasteiger charge is 2.16. The van der Waals surface area contributed by atoms with Gasteiger partial charge in [0.25, 0.3) is 5.91 Å². The number of carbonyl (C=O) groups is 1. The van der Waals surface area contributed by atoms with Crippen LogP contribution in [0.15, 0.2) is 18.2 Å². The van der Waals surface area contributed by atoms with Gasteiger partial charge in [0.2, 0.25) is 0 Å². The highest BCUT2D eigenvalue weighted by atomic mass is 35.5. The molecule has 0 aromatic heterocycles. The van der Waals surface area contributed by atoms with E-state index in [1.807, 2.05) is 6.92 Å². The first-order valence-corrected chi connectivity index (χ1v) is 5.25. The summed E-state index contributed by atoms with van der Waals surface area (Å²) in [5.41, 5.74) is 6.51. The van der Waals surface area contributed by atoms with Crippen LogP contribution < -0.4 is 5.73 Å². The van der Waals surface area contributed by atoms with Crippen LogP contribution in [0.5, 0.6) is 0 Å². The Morgan fingerprint density at radius 2 is 2.31 bits per heavy atom. The van der Waals surface area contributed by atoms with Crippen LogP contribution in [-0.2, 0) is 0 Å². The number of hydrogen-bond acceptors (Lipinski definition) is 2. The minimum absolute atomic E-state index is 0.176. The number of anilines is 1. The number of hydrogen-bond donors (Lipinski definition) is 1. The first kappa shape index (κ1) is 12.4.